The monoisotopic (exact) mass is 124 g/mol. The molecule has 0 N–H and O–H groups in total. The van der Waals surface area contributed by atoms with Gasteiger partial charge in [0.2, 0.25) is 0 Å². The molecule has 0 bridgehead atoms. The summed E-state index contributed by atoms with van der Waals surface area (Å²) in [7, 11) is 0. The number of hydrogen-bond acceptors (Lipinski definition) is 2. The molecule has 0 heterocycles. The maximum atomic E-state index is 3.96. The second-order valence-electron chi connectivity index (χ2n) is 0.622. The van der Waals surface area contributed by atoms with Crippen LogP contribution >= 0.6 is 24.4 Å². The lowest BCUT2D eigenvalue weighted by atomic mass is 11.0. The SMILES string of the molecule is C.CCSCS. The minimum atomic E-state index is 0. The van der Waals surface area contributed by atoms with E-state index in [4.69, 9.17) is 0 Å². The van der Waals surface area contributed by atoms with Crippen molar-refractivity contribution in [3.05, 3.63) is 0 Å². The summed E-state index contributed by atoms with van der Waals surface area (Å²) in [5.41, 5.74) is 0. The Balaban J connectivity index is 0. The lowest BCUT2D eigenvalue weighted by Crippen LogP contribution is -1.60. The van der Waals surface area contributed by atoms with Gasteiger partial charge in [0.25, 0.3) is 0 Å². The minimum absolute atomic E-state index is 0. The predicted octanol–water partition coefficient (Wildman–Crippen LogP) is 2.26. The van der Waals surface area contributed by atoms with Crippen molar-refractivity contribution in [3.63, 3.8) is 0 Å². The Kier molecular flexibility index (Phi) is 15.1. The molecule has 6 heavy (non-hydrogen) atoms. The standard InChI is InChI=1S/C3H8S2.CH4/c1-2-5-3-4;/h4H,2-3H2,1H3;1H4. The fourth-order valence-corrected chi connectivity index (χ4v) is 0.822. The van der Waals surface area contributed by atoms with Gasteiger partial charge in [0, 0.05) is 5.08 Å². The van der Waals surface area contributed by atoms with Crippen molar-refractivity contribution in [1.82, 2.24) is 0 Å². The summed E-state index contributed by atoms with van der Waals surface area (Å²) in [5, 5.41) is 0.955. The first-order valence-corrected chi connectivity index (χ1v) is 3.39. The topological polar surface area (TPSA) is 0 Å². The highest BCUT2D eigenvalue weighted by atomic mass is 32.2. The summed E-state index contributed by atoms with van der Waals surface area (Å²) in [6.07, 6.45) is 0. The van der Waals surface area contributed by atoms with Gasteiger partial charge in [-0.15, -0.1) is 0 Å². The van der Waals surface area contributed by atoms with E-state index in [0.717, 1.165) is 5.08 Å². The maximum absolute atomic E-state index is 3.96. The van der Waals surface area contributed by atoms with Crippen molar-refractivity contribution in [2.75, 3.05) is 10.8 Å². The van der Waals surface area contributed by atoms with Gasteiger partial charge >= 0.3 is 0 Å². The first kappa shape index (κ1) is 9.85. The molecule has 0 aliphatic carbocycles. The zero-order valence-corrected chi connectivity index (χ0v) is 4.98. The molecule has 0 aliphatic rings. The van der Waals surface area contributed by atoms with E-state index in [1.54, 1.807) is 0 Å². The first-order valence-electron chi connectivity index (χ1n) is 1.60. The van der Waals surface area contributed by atoms with Crippen LogP contribution in [0.25, 0.3) is 0 Å². The molecule has 2 heteroatoms. The van der Waals surface area contributed by atoms with Crippen molar-refractivity contribution < 1.29 is 0 Å². The van der Waals surface area contributed by atoms with Crippen molar-refractivity contribution in [1.29, 1.82) is 0 Å². The van der Waals surface area contributed by atoms with Crippen LogP contribution in [0.5, 0.6) is 0 Å². The van der Waals surface area contributed by atoms with Gasteiger partial charge in [0.15, 0.2) is 0 Å². The van der Waals surface area contributed by atoms with E-state index >= 15 is 0 Å². The lowest BCUT2D eigenvalue weighted by molar-refractivity contribution is 1.53. The molecule has 0 spiro atoms. The molecular weight excluding hydrogens is 112 g/mol. The number of thiol groups is 1. The highest BCUT2D eigenvalue weighted by Crippen LogP contribution is 1.97. The Labute approximate surface area is 50.1 Å². The van der Waals surface area contributed by atoms with E-state index < -0.39 is 0 Å². The van der Waals surface area contributed by atoms with Crippen LogP contribution in [-0.2, 0) is 0 Å². The van der Waals surface area contributed by atoms with Crippen LogP contribution in [0.2, 0.25) is 0 Å². The van der Waals surface area contributed by atoms with Crippen LogP contribution in [0.4, 0.5) is 0 Å². The van der Waals surface area contributed by atoms with Gasteiger partial charge in [-0.1, -0.05) is 14.4 Å². The molecule has 0 aromatic rings. The molecule has 0 atom stereocenters. The van der Waals surface area contributed by atoms with E-state index in [2.05, 4.69) is 19.6 Å². The third kappa shape index (κ3) is 8.83. The molecule has 0 nitrogen and oxygen atoms in total. The Morgan fingerprint density at radius 1 is 1.67 bits per heavy atom. The molecule has 0 amide bonds. The molecular formula is C4H12S2. The fourth-order valence-electron chi connectivity index (χ4n) is 0.0913. The van der Waals surface area contributed by atoms with E-state index in [-0.39, 0.29) is 7.43 Å². The summed E-state index contributed by atoms with van der Waals surface area (Å²) >= 11 is 5.79. The number of thioether (sulfide) groups is 1. The normalized spacial score (nSPS) is 7.00. The number of rotatable bonds is 2. The molecule has 0 saturated heterocycles. The Hall–Kier alpha value is 0.700. The van der Waals surface area contributed by atoms with Crippen molar-refractivity contribution in [2.45, 2.75) is 14.4 Å². The molecule has 0 fully saturated rings. The van der Waals surface area contributed by atoms with Gasteiger partial charge in [-0.25, -0.2) is 0 Å². The summed E-state index contributed by atoms with van der Waals surface area (Å²) < 4.78 is 0. The average molecular weight is 124 g/mol. The Morgan fingerprint density at radius 3 is 2.17 bits per heavy atom. The average Bonchev–Trinajstić information content (AvgIpc) is 1.41. The van der Waals surface area contributed by atoms with Gasteiger partial charge in [0.1, 0.15) is 0 Å². The zero-order valence-electron chi connectivity index (χ0n) is 3.27. The molecule has 0 rings (SSSR count). The molecule has 0 aromatic carbocycles. The Morgan fingerprint density at radius 2 is 2.17 bits per heavy atom. The van der Waals surface area contributed by atoms with Crippen LogP contribution in [0, 0.1) is 0 Å². The molecule has 0 saturated carbocycles. The van der Waals surface area contributed by atoms with Crippen LogP contribution in [0.1, 0.15) is 14.4 Å². The molecule has 0 aliphatic heterocycles. The van der Waals surface area contributed by atoms with Crippen LogP contribution in [0.3, 0.4) is 0 Å². The summed E-state index contributed by atoms with van der Waals surface area (Å²) in [6.45, 7) is 2.13. The Bertz CT molecular complexity index is 13.0. The van der Waals surface area contributed by atoms with Crippen LogP contribution < -0.4 is 0 Å². The van der Waals surface area contributed by atoms with E-state index in [1.165, 1.54) is 5.75 Å². The quantitative estimate of drug-likeness (QED) is 0.435. The second-order valence-corrected chi connectivity index (χ2v) is 2.64. The van der Waals surface area contributed by atoms with E-state index in [1.807, 2.05) is 11.8 Å². The lowest BCUT2D eigenvalue weighted by Gasteiger charge is -1.80. The summed E-state index contributed by atoms with van der Waals surface area (Å²) in [6, 6.07) is 0. The van der Waals surface area contributed by atoms with Gasteiger partial charge in [-0.05, 0) is 5.75 Å². The molecule has 0 unspecified atom stereocenters. The minimum Gasteiger partial charge on any atom is -0.168 e. The highest BCUT2D eigenvalue weighted by Gasteiger charge is 1.67. The molecule has 0 radical (unpaired) electrons. The largest absolute Gasteiger partial charge is 0.168 e. The van der Waals surface area contributed by atoms with Crippen molar-refractivity contribution >= 4 is 24.4 Å². The highest BCUT2D eigenvalue weighted by molar-refractivity contribution is 8.09. The van der Waals surface area contributed by atoms with Crippen molar-refractivity contribution in [2.24, 2.45) is 0 Å². The number of hydrogen-bond donors (Lipinski definition) is 1. The fraction of sp³-hybridized carbons (Fsp3) is 1.00. The van der Waals surface area contributed by atoms with Crippen LogP contribution in [0.15, 0.2) is 0 Å². The third-order valence-electron chi connectivity index (χ3n) is 0.295. The summed E-state index contributed by atoms with van der Waals surface area (Å²) in [5.74, 6) is 1.18. The van der Waals surface area contributed by atoms with E-state index in [9.17, 15) is 0 Å². The maximum Gasteiger partial charge on any atom is 0.0361 e. The molecule has 0 aromatic heterocycles. The van der Waals surface area contributed by atoms with Crippen LogP contribution in [-0.4, -0.2) is 10.8 Å². The van der Waals surface area contributed by atoms with Crippen molar-refractivity contribution in [3.8, 4) is 0 Å². The predicted molar refractivity (Wildman–Crippen MR) is 38.7 cm³/mol. The summed E-state index contributed by atoms with van der Waals surface area (Å²) in [4.78, 5) is 0. The second kappa shape index (κ2) is 9.20. The zero-order chi connectivity index (χ0) is 4.12. The third-order valence-corrected chi connectivity index (χ3v) is 1.43. The molecule has 40 valence electrons. The van der Waals surface area contributed by atoms with E-state index in [0.29, 0.717) is 0 Å². The first-order chi connectivity index (χ1) is 2.41. The van der Waals surface area contributed by atoms with Gasteiger partial charge < -0.3 is 0 Å². The van der Waals surface area contributed by atoms with Gasteiger partial charge in [0.05, 0.1) is 0 Å². The smallest absolute Gasteiger partial charge is 0.0361 e. The van der Waals surface area contributed by atoms with Gasteiger partial charge in [-0.3, -0.25) is 0 Å². The van der Waals surface area contributed by atoms with Gasteiger partial charge in [-0.2, -0.15) is 24.4 Å².